The van der Waals surface area contributed by atoms with E-state index < -0.39 is 35.6 Å². The molecule has 2 aliphatic rings. The third-order valence-electron chi connectivity index (χ3n) is 5.35. The maximum absolute atomic E-state index is 14.2. The molecule has 0 aliphatic carbocycles. The van der Waals surface area contributed by atoms with Gasteiger partial charge in [0.05, 0.1) is 41.4 Å². The molecule has 0 bridgehead atoms. The summed E-state index contributed by atoms with van der Waals surface area (Å²) in [6.45, 7) is 2.18. The van der Waals surface area contributed by atoms with E-state index in [-0.39, 0.29) is 19.0 Å². The zero-order valence-electron chi connectivity index (χ0n) is 17.3. The van der Waals surface area contributed by atoms with Gasteiger partial charge < -0.3 is 9.64 Å². The number of hydrazone groups is 1. The van der Waals surface area contributed by atoms with E-state index in [4.69, 9.17) is 4.74 Å². The number of thiazole rings is 1. The van der Waals surface area contributed by atoms with Crippen LogP contribution >= 0.6 is 11.3 Å². The first kappa shape index (κ1) is 21.3. The number of urea groups is 1. The number of hydrogen-bond donors (Lipinski definition) is 0. The maximum atomic E-state index is 14.2. The van der Waals surface area contributed by atoms with Gasteiger partial charge in [0.2, 0.25) is 5.82 Å². The molecule has 0 radical (unpaired) electrons. The Hall–Kier alpha value is -3.54. The van der Waals surface area contributed by atoms with Crippen molar-refractivity contribution in [2.75, 3.05) is 13.1 Å². The average Bonchev–Trinajstić information content (AvgIpc) is 3.39. The molecule has 170 valence electrons. The van der Waals surface area contributed by atoms with Crippen molar-refractivity contribution in [3.8, 4) is 16.6 Å². The summed E-state index contributed by atoms with van der Waals surface area (Å²) in [5.41, 5.74) is 2.71. The van der Waals surface area contributed by atoms with Gasteiger partial charge in [-0.15, -0.1) is 11.3 Å². The Bertz CT molecular complexity index is 1230. The highest BCUT2D eigenvalue weighted by Gasteiger charge is 2.39. The second kappa shape index (κ2) is 8.43. The van der Waals surface area contributed by atoms with Crippen molar-refractivity contribution in [1.82, 2.24) is 24.9 Å². The summed E-state index contributed by atoms with van der Waals surface area (Å²) in [5, 5.41) is 5.27. The number of benzene rings is 1. The highest BCUT2D eigenvalue weighted by molar-refractivity contribution is 7.13. The predicted molar refractivity (Wildman–Crippen MR) is 113 cm³/mol. The van der Waals surface area contributed by atoms with Crippen LogP contribution in [-0.4, -0.2) is 56.3 Å². The fourth-order valence-corrected chi connectivity index (χ4v) is 4.42. The standard InChI is InChI=1S/C21H17F3N6O2S/c1-11-18(33-10-26-11)19-25-7-16(24)20(28-19)32-15-8-29(9-15)21(31)30-17(2-3-27-30)12-4-13(22)6-14(23)5-12/h3-7,10,15,17H,2,8-9H2,1H3. The minimum Gasteiger partial charge on any atom is -0.468 e. The number of nitrogens with zero attached hydrogens (tertiary/aromatic N) is 6. The molecule has 4 heterocycles. The van der Waals surface area contributed by atoms with Crippen LogP contribution in [0.5, 0.6) is 5.88 Å². The van der Waals surface area contributed by atoms with E-state index in [2.05, 4.69) is 20.1 Å². The number of halogens is 3. The highest BCUT2D eigenvalue weighted by Crippen LogP contribution is 2.32. The van der Waals surface area contributed by atoms with Crippen LogP contribution in [0, 0.1) is 24.4 Å². The van der Waals surface area contributed by atoms with E-state index >= 15 is 0 Å². The van der Waals surface area contributed by atoms with E-state index in [1.165, 1.54) is 39.6 Å². The van der Waals surface area contributed by atoms with Gasteiger partial charge in [0.15, 0.2) is 5.82 Å². The molecule has 3 aromatic rings. The van der Waals surface area contributed by atoms with Crippen molar-refractivity contribution in [2.45, 2.75) is 25.5 Å². The summed E-state index contributed by atoms with van der Waals surface area (Å²) in [6, 6.07) is 2.11. The summed E-state index contributed by atoms with van der Waals surface area (Å²) in [4.78, 5) is 27.4. The lowest BCUT2D eigenvalue weighted by Gasteiger charge is -2.40. The Balaban J connectivity index is 1.24. The Labute approximate surface area is 190 Å². The van der Waals surface area contributed by atoms with Crippen LogP contribution in [0.4, 0.5) is 18.0 Å². The molecule has 33 heavy (non-hydrogen) atoms. The minimum atomic E-state index is -0.721. The van der Waals surface area contributed by atoms with Crippen molar-refractivity contribution in [2.24, 2.45) is 5.10 Å². The molecular weight excluding hydrogens is 457 g/mol. The van der Waals surface area contributed by atoms with Gasteiger partial charge >= 0.3 is 6.03 Å². The number of aromatic nitrogens is 3. The van der Waals surface area contributed by atoms with E-state index in [9.17, 15) is 18.0 Å². The molecule has 0 spiro atoms. The van der Waals surface area contributed by atoms with Crippen LogP contribution in [0.1, 0.15) is 23.7 Å². The molecular formula is C21H17F3N6O2S. The van der Waals surface area contributed by atoms with Crippen LogP contribution < -0.4 is 4.74 Å². The second-order valence-electron chi connectivity index (χ2n) is 7.64. The molecule has 1 unspecified atom stereocenters. The lowest BCUT2D eigenvalue weighted by molar-refractivity contribution is 0.0230. The molecule has 8 nitrogen and oxygen atoms in total. The third kappa shape index (κ3) is 4.13. The molecule has 0 N–H and O–H groups in total. The van der Waals surface area contributed by atoms with Gasteiger partial charge in [-0.25, -0.2) is 28.6 Å². The second-order valence-corrected chi connectivity index (χ2v) is 8.49. The van der Waals surface area contributed by atoms with Gasteiger partial charge in [-0.2, -0.15) is 14.5 Å². The van der Waals surface area contributed by atoms with Crippen LogP contribution in [0.25, 0.3) is 10.7 Å². The molecule has 1 aromatic carbocycles. The molecule has 0 saturated carbocycles. The SMILES string of the molecule is Cc1ncsc1-c1ncc(F)c(OC2CN(C(=O)N3N=CCC3c3cc(F)cc(F)c3)C2)n1. The number of carbonyl (C=O) groups is 1. The highest BCUT2D eigenvalue weighted by atomic mass is 32.1. The smallest absolute Gasteiger partial charge is 0.341 e. The number of hydrogen-bond acceptors (Lipinski definition) is 7. The molecule has 12 heteroatoms. The number of carbonyl (C=O) groups excluding carboxylic acids is 1. The molecule has 2 aromatic heterocycles. The van der Waals surface area contributed by atoms with Gasteiger partial charge in [-0.3, -0.25) is 0 Å². The van der Waals surface area contributed by atoms with Crippen molar-refractivity contribution in [1.29, 1.82) is 0 Å². The zero-order chi connectivity index (χ0) is 23.1. The van der Waals surface area contributed by atoms with Crippen LogP contribution in [-0.2, 0) is 0 Å². The fourth-order valence-electron chi connectivity index (χ4n) is 3.67. The van der Waals surface area contributed by atoms with Gasteiger partial charge in [-0.05, 0) is 24.6 Å². The van der Waals surface area contributed by atoms with Crippen LogP contribution in [0.2, 0.25) is 0 Å². The van der Waals surface area contributed by atoms with Gasteiger partial charge in [0, 0.05) is 18.7 Å². The van der Waals surface area contributed by atoms with Crippen molar-refractivity contribution in [3.63, 3.8) is 0 Å². The van der Waals surface area contributed by atoms with E-state index in [1.807, 2.05) is 0 Å². The first-order valence-electron chi connectivity index (χ1n) is 10.1. The summed E-state index contributed by atoms with van der Waals surface area (Å²) >= 11 is 1.34. The quantitative estimate of drug-likeness (QED) is 0.572. The average molecular weight is 474 g/mol. The van der Waals surface area contributed by atoms with E-state index in [1.54, 1.807) is 12.4 Å². The lowest BCUT2D eigenvalue weighted by atomic mass is 10.0. The Morgan fingerprint density at radius 2 is 1.91 bits per heavy atom. The van der Waals surface area contributed by atoms with E-state index in [0.717, 1.165) is 22.8 Å². The minimum absolute atomic E-state index is 0.188. The molecule has 1 saturated heterocycles. The Kier molecular flexibility index (Phi) is 5.44. The summed E-state index contributed by atoms with van der Waals surface area (Å²) in [5.74, 6) is -2.03. The maximum Gasteiger partial charge on any atom is 0.341 e. The monoisotopic (exact) mass is 474 g/mol. The third-order valence-corrected chi connectivity index (χ3v) is 6.28. The molecule has 2 amide bonds. The number of ether oxygens (including phenoxy) is 1. The number of likely N-dealkylation sites (tertiary alicyclic amines) is 1. The molecule has 5 rings (SSSR count). The summed E-state index contributed by atoms with van der Waals surface area (Å²) in [6.07, 6.45) is 2.44. The number of aryl methyl sites for hydroxylation is 1. The fraction of sp³-hybridized carbons (Fsp3) is 0.286. The van der Waals surface area contributed by atoms with Crippen LogP contribution in [0.3, 0.4) is 0 Å². The van der Waals surface area contributed by atoms with Crippen LogP contribution in [0.15, 0.2) is 35.0 Å². The Morgan fingerprint density at radius 1 is 1.15 bits per heavy atom. The number of rotatable bonds is 4. The van der Waals surface area contributed by atoms with Gasteiger partial charge in [0.1, 0.15) is 17.7 Å². The first-order valence-corrected chi connectivity index (χ1v) is 10.9. The van der Waals surface area contributed by atoms with E-state index in [0.29, 0.717) is 17.8 Å². The molecule has 1 atom stereocenters. The summed E-state index contributed by atoms with van der Waals surface area (Å²) in [7, 11) is 0. The normalized spacial score (nSPS) is 18.0. The summed E-state index contributed by atoms with van der Waals surface area (Å²) < 4.78 is 47.1. The van der Waals surface area contributed by atoms with Crippen molar-refractivity contribution in [3.05, 3.63) is 58.6 Å². The molecule has 1 fully saturated rings. The largest absolute Gasteiger partial charge is 0.468 e. The predicted octanol–water partition coefficient (Wildman–Crippen LogP) is 3.94. The molecule has 2 aliphatic heterocycles. The Morgan fingerprint density at radius 3 is 2.61 bits per heavy atom. The number of amides is 2. The zero-order valence-corrected chi connectivity index (χ0v) is 18.1. The van der Waals surface area contributed by atoms with Crippen molar-refractivity contribution < 1.29 is 22.7 Å². The first-order chi connectivity index (χ1) is 15.9. The topological polar surface area (TPSA) is 83.8 Å². The van der Waals surface area contributed by atoms with Gasteiger partial charge in [-0.1, -0.05) is 0 Å². The lowest BCUT2D eigenvalue weighted by Crippen LogP contribution is -2.59. The van der Waals surface area contributed by atoms with Crippen molar-refractivity contribution >= 4 is 23.6 Å². The van der Waals surface area contributed by atoms with Gasteiger partial charge in [0.25, 0.3) is 5.88 Å².